The van der Waals surface area contributed by atoms with Crippen LogP contribution in [0.2, 0.25) is 5.02 Å². The second-order valence-corrected chi connectivity index (χ2v) is 8.93. The van der Waals surface area contributed by atoms with Gasteiger partial charge in [-0.25, -0.2) is 13.1 Å². The van der Waals surface area contributed by atoms with Crippen LogP contribution in [-0.2, 0) is 21.4 Å². The summed E-state index contributed by atoms with van der Waals surface area (Å²) in [6.45, 7) is 0.0353. The summed E-state index contributed by atoms with van der Waals surface area (Å²) in [5.41, 5.74) is 1.29. The molecular weight excluding hydrogens is 426 g/mol. The maximum Gasteiger partial charge on any atom is 0.243 e. The number of anilines is 1. The van der Waals surface area contributed by atoms with E-state index < -0.39 is 15.9 Å². The van der Waals surface area contributed by atoms with E-state index in [-0.39, 0.29) is 11.4 Å². The van der Waals surface area contributed by atoms with Gasteiger partial charge in [0, 0.05) is 18.1 Å². The van der Waals surface area contributed by atoms with Gasteiger partial charge in [0.1, 0.15) is 5.82 Å². The van der Waals surface area contributed by atoms with Gasteiger partial charge in [-0.3, -0.25) is 4.79 Å². The first-order valence-electron chi connectivity index (χ1n) is 8.82. The molecule has 1 N–H and O–H groups in total. The Labute approximate surface area is 179 Å². The number of amides is 1. The van der Waals surface area contributed by atoms with Crippen molar-refractivity contribution in [2.24, 2.45) is 0 Å². The van der Waals surface area contributed by atoms with Crippen molar-refractivity contribution >= 4 is 33.3 Å². The van der Waals surface area contributed by atoms with Crippen molar-refractivity contribution in [1.29, 1.82) is 5.26 Å². The second kappa shape index (κ2) is 9.09. The first kappa shape index (κ1) is 21.5. The van der Waals surface area contributed by atoms with Crippen LogP contribution < -0.4 is 5.32 Å². The van der Waals surface area contributed by atoms with Gasteiger partial charge in [0.05, 0.1) is 35.8 Å². The van der Waals surface area contributed by atoms with Crippen LogP contribution >= 0.6 is 11.6 Å². The zero-order valence-electron chi connectivity index (χ0n) is 16.0. The lowest BCUT2D eigenvalue weighted by molar-refractivity contribution is -0.116. The summed E-state index contributed by atoms with van der Waals surface area (Å²) in [6, 6.07) is 16.3. The number of likely N-dealkylation sites (N-methyl/N-ethyl adjacent to an activating group) is 1. The fraction of sp³-hybridized carbons (Fsp3) is 0.150. The lowest BCUT2D eigenvalue weighted by atomic mass is 10.2. The number of nitrogens with zero attached hydrogens (tertiary/aromatic N) is 4. The molecule has 0 aliphatic carbocycles. The van der Waals surface area contributed by atoms with E-state index in [1.54, 1.807) is 29.1 Å². The first-order valence-corrected chi connectivity index (χ1v) is 10.6. The minimum atomic E-state index is -3.87. The molecule has 0 aliphatic heterocycles. The predicted octanol–water partition coefficient (Wildman–Crippen LogP) is 2.72. The Morgan fingerprint density at radius 2 is 1.83 bits per heavy atom. The number of carbonyl (C=O) groups excluding carboxylic acids is 1. The molecule has 0 saturated heterocycles. The highest BCUT2D eigenvalue weighted by atomic mass is 35.5. The molecule has 0 unspecified atom stereocenters. The first-order chi connectivity index (χ1) is 14.3. The number of aromatic nitrogens is 2. The van der Waals surface area contributed by atoms with E-state index in [4.69, 9.17) is 16.9 Å². The van der Waals surface area contributed by atoms with Crippen molar-refractivity contribution in [1.82, 2.24) is 14.1 Å². The highest BCUT2D eigenvalue weighted by Crippen LogP contribution is 2.16. The number of nitriles is 1. The average molecular weight is 444 g/mol. The predicted molar refractivity (Wildman–Crippen MR) is 112 cm³/mol. The van der Waals surface area contributed by atoms with Crippen LogP contribution in [0, 0.1) is 11.3 Å². The molecule has 0 saturated carbocycles. The summed E-state index contributed by atoms with van der Waals surface area (Å²) < 4.78 is 27.8. The lowest BCUT2D eigenvalue weighted by Crippen LogP contribution is -2.35. The van der Waals surface area contributed by atoms with E-state index in [0.717, 1.165) is 9.87 Å². The number of hydrogen-bond donors (Lipinski definition) is 1. The van der Waals surface area contributed by atoms with Crippen LogP contribution in [0.15, 0.2) is 65.7 Å². The van der Waals surface area contributed by atoms with Crippen molar-refractivity contribution in [2.75, 3.05) is 18.9 Å². The Morgan fingerprint density at radius 1 is 1.17 bits per heavy atom. The van der Waals surface area contributed by atoms with Crippen molar-refractivity contribution in [2.45, 2.75) is 11.4 Å². The standard InChI is InChI=1S/C20H18ClN5O3S/c1-25(30(28,29)18-8-4-15(12-22)5-9-18)14-20(27)24-19-10-11-23-26(19)13-16-2-6-17(21)7-3-16/h2-11H,13-14H2,1H3,(H,24,27). The van der Waals surface area contributed by atoms with E-state index in [2.05, 4.69) is 10.4 Å². The van der Waals surface area contributed by atoms with Gasteiger partial charge in [0.15, 0.2) is 0 Å². The second-order valence-electron chi connectivity index (χ2n) is 6.45. The van der Waals surface area contributed by atoms with Gasteiger partial charge in [0.25, 0.3) is 0 Å². The molecule has 0 atom stereocenters. The molecule has 1 amide bonds. The SMILES string of the molecule is CN(CC(=O)Nc1ccnn1Cc1ccc(Cl)cc1)S(=O)(=O)c1ccc(C#N)cc1. The number of nitrogens with one attached hydrogen (secondary N) is 1. The Hall–Kier alpha value is -3.19. The molecule has 3 rings (SSSR count). The van der Waals surface area contributed by atoms with Gasteiger partial charge >= 0.3 is 0 Å². The molecule has 1 heterocycles. The molecular formula is C20H18ClN5O3S. The zero-order chi connectivity index (χ0) is 21.7. The van der Waals surface area contributed by atoms with E-state index >= 15 is 0 Å². The lowest BCUT2D eigenvalue weighted by Gasteiger charge is -2.17. The minimum absolute atomic E-state index is 0.00424. The van der Waals surface area contributed by atoms with Crippen LogP contribution in [0.4, 0.5) is 5.82 Å². The van der Waals surface area contributed by atoms with Crippen LogP contribution in [-0.4, -0.2) is 42.0 Å². The van der Waals surface area contributed by atoms with Gasteiger partial charge in [0.2, 0.25) is 15.9 Å². The number of benzene rings is 2. The molecule has 2 aromatic carbocycles. The Morgan fingerprint density at radius 3 is 2.47 bits per heavy atom. The fourth-order valence-electron chi connectivity index (χ4n) is 2.68. The van der Waals surface area contributed by atoms with Crippen LogP contribution in [0.5, 0.6) is 0 Å². The third-order valence-electron chi connectivity index (χ3n) is 4.29. The average Bonchev–Trinajstić information content (AvgIpc) is 3.16. The number of sulfonamides is 1. The third-order valence-corrected chi connectivity index (χ3v) is 6.36. The normalized spacial score (nSPS) is 11.3. The minimum Gasteiger partial charge on any atom is -0.310 e. The van der Waals surface area contributed by atoms with E-state index in [1.165, 1.54) is 31.3 Å². The molecule has 0 aliphatic rings. The molecule has 1 aromatic heterocycles. The van der Waals surface area contributed by atoms with Crippen molar-refractivity contribution in [3.05, 3.63) is 76.9 Å². The number of rotatable bonds is 7. The van der Waals surface area contributed by atoms with Gasteiger partial charge in [-0.15, -0.1) is 0 Å². The summed E-state index contributed by atoms with van der Waals surface area (Å²) in [6.07, 6.45) is 1.54. The highest BCUT2D eigenvalue weighted by Gasteiger charge is 2.23. The molecule has 154 valence electrons. The monoisotopic (exact) mass is 443 g/mol. The van der Waals surface area contributed by atoms with Crippen molar-refractivity contribution in [3.63, 3.8) is 0 Å². The molecule has 0 bridgehead atoms. The summed E-state index contributed by atoms with van der Waals surface area (Å²) in [5.74, 6) is -0.0632. The highest BCUT2D eigenvalue weighted by molar-refractivity contribution is 7.89. The molecule has 3 aromatic rings. The summed E-state index contributed by atoms with van der Waals surface area (Å²) in [5, 5.41) is 16.3. The molecule has 0 fully saturated rings. The number of halogens is 1. The number of carbonyl (C=O) groups is 1. The van der Waals surface area contributed by atoms with Gasteiger partial charge in [-0.2, -0.15) is 14.7 Å². The maximum atomic E-state index is 12.6. The quantitative estimate of drug-likeness (QED) is 0.604. The topological polar surface area (TPSA) is 108 Å². The van der Waals surface area contributed by atoms with E-state index in [9.17, 15) is 13.2 Å². The van der Waals surface area contributed by atoms with Crippen LogP contribution in [0.25, 0.3) is 0 Å². The molecule has 30 heavy (non-hydrogen) atoms. The largest absolute Gasteiger partial charge is 0.310 e. The summed E-state index contributed by atoms with van der Waals surface area (Å²) in [4.78, 5) is 12.4. The van der Waals surface area contributed by atoms with Gasteiger partial charge in [-0.05, 0) is 42.0 Å². The summed E-state index contributed by atoms with van der Waals surface area (Å²) >= 11 is 5.89. The fourth-order valence-corrected chi connectivity index (χ4v) is 3.93. The van der Waals surface area contributed by atoms with Gasteiger partial charge in [-0.1, -0.05) is 23.7 Å². The van der Waals surface area contributed by atoms with Gasteiger partial charge < -0.3 is 5.32 Å². The van der Waals surface area contributed by atoms with Crippen molar-refractivity contribution < 1.29 is 13.2 Å². The molecule has 0 spiro atoms. The Balaban J connectivity index is 1.66. The number of hydrogen-bond acceptors (Lipinski definition) is 5. The maximum absolute atomic E-state index is 12.6. The van der Waals surface area contributed by atoms with E-state index in [0.29, 0.717) is 22.9 Å². The Bertz CT molecular complexity index is 1180. The Kier molecular flexibility index (Phi) is 6.52. The van der Waals surface area contributed by atoms with Crippen LogP contribution in [0.1, 0.15) is 11.1 Å². The molecule has 10 heteroatoms. The van der Waals surface area contributed by atoms with E-state index in [1.807, 2.05) is 18.2 Å². The molecule has 8 nitrogen and oxygen atoms in total. The third kappa shape index (κ3) is 5.04. The zero-order valence-corrected chi connectivity index (χ0v) is 17.6. The van der Waals surface area contributed by atoms with Crippen molar-refractivity contribution in [3.8, 4) is 6.07 Å². The van der Waals surface area contributed by atoms with Crippen LogP contribution in [0.3, 0.4) is 0 Å². The smallest absolute Gasteiger partial charge is 0.243 e. The summed E-state index contributed by atoms with van der Waals surface area (Å²) in [7, 11) is -2.55. The molecule has 0 radical (unpaired) electrons.